The minimum Gasteiger partial charge on any atom is -0.490 e. The van der Waals surface area contributed by atoms with Gasteiger partial charge < -0.3 is 10.1 Å². The molecule has 2 aromatic rings. The van der Waals surface area contributed by atoms with Gasteiger partial charge in [-0.15, -0.1) is 11.3 Å². The molecule has 1 aliphatic rings. The summed E-state index contributed by atoms with van der Waals surface area (Å²) in [4.78, 5) is 5.66. The van der Waals surface area contributed by atoms with Crippen molar-refractivity contribution in [1.82, 2.24) is 10.3 Å². The van der Waals surface area contributed by atoms with Gasteiger partial charge in [-0.25, -0.2) is 4.98 Å². The van der Waals surface area contributed by atoms with Gasteiger partial charge in [-0.1, -0.05) is 19.1 Å². The molecule has 4 heteroatoms. The Bertz CT molecular complexity index is 575. The molecular formula is C17H22N2OS. The van der Waals surface area contributed by atoms with Crippen molar-refractivity contribution >= 4 is 11.3 Å². The first kappa shape index (κ1) is 14.5. The molecule has 0 amide bonds. The largest absolute Gasteiger partial charge is 0.490 e. The Labute approximate surface area is 130 Å². The summed E-state index contributed by atoms with van der Waals surface area (Å²) in [6, 6.07) is 8.73. The molecule has 1 aliphatic carbocycles. The molecule has 1 heterocycles. The lowest BCUT2D eigenvalue weighted by atomic mass is 10.1. The second-order valence-corrected chi connectivity index (χ2v) is 6.82. The summed E-state index contributed by atoms with van der Waals surface area (Å²) in [5.41, 5.74) is 1.27. The van der Waals surface area contributed by atoms with Crippen LogP contribution in [0.4, 0.5) is 0 Å². The first-order valence-electron chi connectivity index (χ1n) is 7.68. The van der Waals surface area contributed by atoms with Crippen molar-refractivity contribution < 1.29 is 4.74 Å². The molecule has 0 saturated heterocycles. The Balaban J connectivity index is 1.77. The number of aromatic nitrogens is 1. The third kappa shape index (κ3) is 3.83. The monoisotopic (exact) mass is 302 g/mol. The first-order valence-corrected chi connectivity index (χ1v) is 8.50. The van der Waals surface area contributed by atoms with Gasteiger partial charge in [-0.05, 0) is 50.4 Å². The fourth-order valence-electron chi connectivity index (χ4n) is 2.30. The van der Waals surface area contributed by atoms with Crippen molar-refractivity contribution in [2.24, 2.45) is 0 Å². The molecule has 0 radical (unpaired) electrons. The van der Waals surface area contributed by atoms with Gasteiger partial charge in [0, 0.05) is 11.1 Å². The van der Waals surface area contributed by atoms with Crippen LogP contribution in [0.5, 0.6) is 5.75 Å². The Morgan fingerprint density at radius 1 is 1.33 bits per heavy atom. The van der Waals surface area contributed by atoms with Crippen molar-refractivity contribution in [3.63, 3.8) is 0 Å². The molecule has 112 valence electrons. The number of ether oxygens (including phenoxy) is 1. The van der Waals surface area contributed by atoms with Crippen molar-refractivity contribution in [2.45, 2.75) is 45.3 Å². The second-order valence-electron chi connectivity index (χ2n) is 5.56. The zero-order valence-electron chi connectivity index (χ0n) is 12.6. The fraction of sp³-hybridized carbons (Fsp3) is 0.471. The lowest BCUT2D eigenvalue weighted by Crippen LogP contribution is -2.22. The number of nitrogens with zero attached hydrogens (tertiary/aromatic N) is 1. The van der Waals surface area contributed by atoms with Crippen LogP contribution in [0.25, 0.3) is 0 Å². The van der Waals surface area contributed by atoms with E-state index in [4.69, 9.17) is 4.74 Å². The minimum atomic E-state index is 0.228. The smallest absolute Gasteiger partial charge is 0.119 e. The Hall–Kier alpha value is -1.39. The number of benzene rings is 1. The number of aryl methyl sites for hydroxylation is 1. The molecule has 1 atom stereocenters. The number of hydrogen-bond acceptors (Lipinski definition) is 4. The van der Waals surface area contributed by atoms with E-state index < -0.39 is 0 Å². The lowest BCUT2D eigenvalue weighted by molar-refractivity contribution is 0.303. The highest BCUT2D eigenvalue weighted by molar-refractivity contribution is 7.11. The van der Waals surface area contributed by atoms with E-state index >= 15 is 0 Å². The van der Waals surface area contributed by atoms with Gasteiger partial charge in [0.2, 0.25) is 0 Å². The van der Waals surface area contributed by atoms with E-state index in [0.29, 0.717) is 6.10 Å². The molecule has 3 rings (SSSR count). The van der Waals surface area contributed by atoms with Gasteiger partial charge in [-0.3, -0.25) is 0 Å². The molecule has 0 aliphatic heterocycles. The molecule has 0 bridgehead atoms. The number of nitrogens with one attached hydrogen (secondary N) is 1. The molecule has 21 heavy (non-hydrogen) atoms. The summed E-state index contributed by atoms with van der Waals surface area (Å²) in [5.74, 6) is 0.982. The van der Waals surface area contributed by atoms with Crippen LogP contribution in [0.15, 0.2) is 30.5 Å². The van der Waals surface area contributed by atoms with E-state index in [1.54, 1.807) is 11.3 Å². The predicted molar refractivity (Wildman–Crippen MR) is 87.1 cm³/mol. The molecule has 1 N–H and O–H groups in total. The topological polar surface area (TPSA) is 34.1 Å². The van der Waals surface area contributed by atoms with E-state index in [9.17, 15) is 0 Å². The molecule has 1 fully saturated rings. The quantitative estimate of drug-likeness (QED) is 0.836. The minimum absolute atomic E-state index is 0.228. The van der Waals surface area contributed by atoms with Crippen molar-refractivity contribution in [1.29, 1.82) is 0 Å². The maximum absolute atomic E-state index is 5.82. The third-order valence-electron chi connectivity index (χ3n) is 3.56. The summed E-state index contributed by atoms with van der Waals surface area (Å²) in [6.07, 6.45) is 5.96. The van der Waals surface area contributed by atoms with E-state index in [1.165, 1.54) is 23.3 Å². The lowest BCUT2D eigenvalue weighted by Gasteiger charge is -2.17. The molecule has 0 spiro atoms. The van der Waals surface area contributed by atoms with Crippen LogP contribution in [0.3, 0.4) is 0 Å². The fourth-order valence-corrected chi connectivity index (χ4v) is 3.19. The van der Waals surface area contributed by atoms with Crippen LogP contribution < -0.4 is 10.1 Å². The molecular weight excluding hydrogens is 280 g/mol. The highest BCUT2D eigenvalue weighted by Crippen LogP contribution is 2.30. The molecule has 1 aromatic heterocycles. The van der Waals surface area contributed by atoms with Gasteiger partial charge in [0.15, 0.2) is 0 Å². The second kappa shape index (κ2) is 6.58. The Morgan fingerprint density at radius 2 is 2.10 bits per heavy atom. The average molecular weight is 302 g/mol. The van der Waals surface area contributed by atoms with Gasteiger partial charge >= 0.3 is 0 Å². The molecule has 1 unspecified atom stereocenters. The summed E-state index contributed by atoms with van der Waals surface area (Å²) < 4.78 is 5.82. The summed E-state index contributed by atoms with van der Waals surface area (Å²) in [7, 11) is 0. The number of thiazole rings is 1. The Kier molecular flexibility index (Phi) is 4.56. The normalized spacial score (nSPS) is 15.9. The van der Waals surface area contributed by atoms with Crippen molar-refractivity contribution in [2.75, 3.05) is 6.54 Å². The van der Waals surface area contributed by atoms with Gasteiger partial charge in [-0.2, -0.15) is 0 Å². The van der Waals surface area contributed by atoms with E-state index in [0.717, 1.165) is 23.7 Å². The van der Waals surface area contributed by atoms with Crippen molar-refractivity contribution in [3.8, 4) is 5.75 Å². The van der Waals surface area contributed by atoms with E-state index in [-0.39, 0.29) is 6.04 Å². The van der Waals surface area contributed by atoms with Gasteiger partial charge in [0.1, 0.15) is 5.75 Å². The number of hydrogen-bond donors (Lipinski definition) is 1. The Morgan fingerprint density at radius 3 is 2.67 bits per heavy atom. The van der Waals surface area contributed by atoms with Crippen LogP contribution in [0.2, 0.25) is 0 Å². The maximum Gasteiger partial charge on any atom is 0.119 e. The highest BCUT2D eigenvalue weighted by atomic mass is 32.1. The average Bonchev–Trinajstić information content (AvgIpc) is 3.21. The summed E-state index contributed by atoms with van der Waals surface area (Å²) >= 11 is 1.76. The number of rotatable bonds is 7. The zero-order chi connectivity index (χ0) is 14.7. The van der Waals surface area contributed by atoms with E-state index in [2.05, 4.69) is 48.4 Å². The zero-order valence-corrected chi connectivity index (χ0v) is 13.5. The van der Waals surface area contributed by atoms with Crippen LogP contribution >= 0.6 is 11.3 Å². The van der Waals surface area contributed by atoms with Gasteiger partial charge in [0.05, 0.1) is 17.2 Å². The summed E-state index contributed by atoms with van der Waals surface area (Å²) in [6.45, 7) is 5.24. The molecule has 3 nitrogen and oxygen atoms in total. The van der Waals surface area contributed by atoms with Crippen LogP contribution in [0.1, 0.15) is 47.7 Å². The predicted octanol–water partition coefficient (Wildman–Crippen LogP) is 4.08. The van der Waals surface area contributed by atoms with Crippen LogP contribution in [-0.2, 0) is 0 Å². The van der Waals surface area contributed by atoms with Crippen molar-refractivity contribution in [3.05, 3.63) is 45.9 Å². The molecule has 1 saturated carbocycles. The SMILES string of the molecule is CCCNC(c1ccc(OC2CC2)cc1)c1cnc(C)s1. The van der Waals surface area contributed by atoms with E-state index in [1.807, 2.05) is 6.20 Å². The van der Waals surface area contributed by atoms with Gasteiger partial charge in [0.25, 0.3) is 0 Å². The van der Waals surface area contributed by atoms with Crippen LogP contribution in [-0.4, -0.2) is 17.6 Å². The summed E-state index contributed by atoms with van der Waals surface area (Å²) in [5, 5.41) is 4.73. The van der Waals surface area contributed by atoms with Crippen LogP contribution in [0, 0.1) is 6.92 Å². The standard InChI is InChI=1S/C17H22N2OS/c1-3-10-18-17(16-11-19-12(2)21-16)13-4-6-14(7-5-13)20-15-8-9-15/h4-7,11,15,17-18H,3,8-10H2,1-2H3. The molecule has 1 aromatic carbocycles. The highest BCUT2D eigenvalue weighted by Gasteiger charge is 2.23. The third-order valence-corrected chi connectivity index (χ3v) is 4.54. The maximum atomic E-state index is 5.82. The first-order chi connectivity index (χ1) is 10.3.